The monoisotopic (exact) mass is 404 g/mol. The zero-order valence-corrected chi connectivity index (χ0v) is 17.4. The maximum atomic E-state index is 13.0. The fourth-order valence-corrected chi connectivity index (χ4v) is 3.15. The molecule has 0 saturated carbocycles. The predicted octanol–water partition coefficient (Wildman–Crippen LogP) is 3.96. The summed E-state index contributed by atoms with van der Waals surface area (Å²) in [6.07, 6.45) is 2.58. The van der Waals surface area contributed by atoms with E-state index in [-0.39, 0.29) is 36.6 Å². The second kappa shape index (κ2) is 11.5. The second-order valence-electron chi connectivity index (χ2n) is 7.24. The van der Waals surface area contributed by atoms with Crippen LogP contribution in [0.1, 0.15) is 31.6 Å². The van der Waals surface area contributed by atoms with Gasteiger partial charge in [-0.25, -0.2) is 0 Å². The number of rotatable bonds is 11. The van der Waals surface area contributed by atoms with E-state index in [0.717, 1.165) is 17.7 Å². The van der Waals surface area contributed by atoms with Gasteiger partial charge in [0.1, 0.15) is 5.76 Å². The normalized spacial score (nSPS) is 10.9. The SMILES string of the molecule is CC(C)CN(CC(=O)N(CCc1ccccc1)Cc1ccco1)C(=O)CCCl. The molecule has 0 bridgehead atoms. The van der Waals surface area contributed by atoms with Crippen molar-refractivity contribution < 1.29 is 14.0 Å². The molecule has 0 aliphatic rings. The number of furan rings is 1. The van der Waals surface area contributed by atoms with Gasteiger partial charge in [-0.05, 0) is 30.0 Å². The molecule has 1 aromatic carbocycles. The van der Waals surface area contributed by atoms with Crippen molar-refractivity contribution in [1.29, 1.82) is 0 Å². The fraction of sp³-hybridized carbons (Fsp3) is 0.455. The highest BCUT2D eigenvalue weighted by Gasteiger charge is 2.22. The minimum absolute atomic E-state index is 0.0589. The summed E-state index contributed by atoms with van der Waals surface area (Å²) in [5.41, 5.74) is 1.16. The smallest absolute Gasteiger partial charge is 0.242 e. The van der Waals surface area contributed by atoms with E-state index >= 15 is 0 Å². The van der Waals surface area contributed by atoms with E-state index in [4.69, 9.17) is 16.0 Å². The number of halogens is 1. The Morgan fingerprint density at radius 2 is 1.79 bits per heavy atom. The highest BCUT2D eigenvalue weighted by molar-refractivity contribution is 6.18. The summed E-state index contributed by atoms with van der Waals surface area (Å²) in [6, 6.07) is 13.7. The van der Waals surface area contributed by atoms with Crippen LogP contribution in [-0.2, 0) is 22.6 Å². The maximum absolute atomic E-state index is 13.0. The van der Waals surface area contributed by atoms with Gasteiger partial charge in [-0.15, -0.1) is 11.6 Å². The first-order chi connectivity index (χ1) is 13.5. The molecule has 2 amide bonds. The van der Waals surface area contributed by atoms with Gasteiger partial charge in [0.25, 0.3) is 0 Å². The molecule has 0 unspecified atom stereocenters. The minimum Gasteiger partial charge on any atom is -0.467 e. The lowest BCUT2D eigenvalue weighted by atomic mass is 10.1. The highest BCUT2D eigenvalue weighted by Crippen LogP contribution is 2.10. The Kier molecular flexibility index (Phi) is 9.08. The Morgan fingerprint density at radius 1 is 1.04 bits per heavy atom. The van der Waals surface area contributed by atoms with Gasteiger partial charge >= 0.3 is 0 Å². The number of nitrogens with zero attached hydrogens (tertiary/aromatic N) is 2. The Morgan fingerprint density at radius 3 is 2.39 bits per heavy atom. The molecule has 0 atom stereocenters. The van der Waals surface area contributed by atoms with Gasteiger partial charge in [0.05, 0.1) is 19.4 Å². The van der Waals surface area contributed by atoms with E-state index < -0.39 is 0 Å². The van der Waals surface area contributed by atoms with Gasteiger partial charge < -0.3 is 14.2 Å². The molecule has 0 fully saturated rings. The molecule has 2 rings (SSSR count). The summed E-state index contributed by atoms with van der Waals surface area (Å²) >= 11 is 5.73. The lowest BCUT2D eigenvalue weighted by Gasteiger charge is -2.28. The lowest BCUT2D eigenvalue weighted by molar-refractivity contribution is -0.141. The molecule has 0 saturated heterocycles. The molecule has 1 aromatic heterocycles. The zero-order chi connectivity index (χ0) is 20.4. The largest absolute Gasteiger partial charge is 0.467 e. The van der Waals surface area contributed by atoms with Crippen molar-refractivity contribution in [2.75, 3.05) is 25.5 Å². The quantitative estimate of drug-likeness (QED) is 0.532. The van der Waals surface area contributed by atoms with E-state index in [1.807, 2.05) is 56.3 Å². The summed E-state index contributed by atoms with van der Waals surface area (Å²) in [4.78, 5) is 28.8. The van der Waals surface area contributed by atoms with Gasteiger partial charge in [-0.2, -0.15) is 0 Å². The number of benzene rings is 1. The fourth-order valence-electron chi connectivity index (χ4n) is 2.99. The first kappa shape index (κ1) is 22.0. The molecule has 152 valence electrons. The zero-order valence-electron chi connectivity index (χ0n) is 16.6. The predicted molar refractivity (Wildman–Crippen MR) is 111 cm³/mol. The third-order valence-corrected chi connectivity index (χ3v) is 4.55. The molecule has 5 nitrogen and oxygen atoms in total. The lowest BCUT2D eigenvalue weighted by Crippen LogP contribution is -2.44. The minimum atomic E-state index is -0.0871. The van der Waals surface area contributed by atoms with E-state index in [1.54, 1.807) is 16.1 Å². The van der Waals surface area contributed by atoms with Crippen LogP contribution in [-0.4, -0.2) is 47.1 Å². The topological polar surface area (TPSA) is 53.8 Å². The molecule has 0 radical (unpaired) electrons. The van der Waals surface area contributed by atoms with E-state index in [0.29, 0.717) is 19.6 Å². The molecule has 1 heterocycles. The van der Waals surface area contributed by atoms with Crippen molar-refractivity contribution in [2.45, 2.75) is 33.2 Å². The van der Waals surface area contributed by atoms with Crippen molar-refractivity contribution in [3.05, 3.63) is 60.1 Å². The average molecular weight is 405 g/mol. The van der Waals surface area contributed by atoms with Crippen molar-refractivity contribution in [3.8, 4) is 0 Å². The number of carbonyl (C=O) groups is 2. The van der Waals surface area contributed by atoms with Crippen LogP contribution in [0.4, 0.5) is 0 Å². The van der Waals surface area contributed by atoms with Crippen LogP contribution >= 0.6 is 11.6 Å². The number of carbonyl (C=O) groups excluding carboxylic acids is 2. The van der Waals surface area contributed by atoms with Crippen LogP contribution in [0.2, 0.25) is 0 Å². The Balaban J connectivity index is 2.07. The third kappa shape index (κ3) is 7.39. The number of hydrogen-bond acceptors (Lipinski definition) is 3. The molecule has 0 spiro atoms. The van der Waals surface area contributed by atoms with Crippen molar-refractivity contribution in [2.24, 2.45) is 5.92 Å². The van der Waals surface area contributed by atoms with E-state index in [2.05, 4.69) is 0 Å². The number of alkyl halides is 1. The third-order valence-electron chi connectivity index (χ3n) is 4.37. The van der Waals surface area contributed by atoms with E-state index in [1.165, 1.54) is 0 Å². The van der Waals surface area contributed by atoms with Crippen molar-refractivity contribution >= 4 is 23.4 Å². The first-order valence-electron chi connectivity index (χ1n) is 9.67. The van der Waals surface area contributed by atoms with Gasteiger partial charge in [-0.3, -0.25) is 9.59 Å². The van der Waals surface area contributed by atoms with Gasteiger partial charge in [-0.1, -0.05) is 44.2 Å². The Labute approximate surface area is 172 Å². The maximum Gasteiger partial charge on any atom is 0.242 e. The van der Waals surface area contributed by atoms with Crippen molar-refractivity contribution in [1.82, 2.24) is 9.80 Å². The van der Waals surface area contributed by atoms with Crippen LogP contribution in [0, 0.1) is 5.92 Å². The summed E-state index contributed by atoms with van der Waals surface area (Å²) in [5.74, 6) is 1.08. The molecule has 28 heavy (non-hydrogen) atoms. The molecule has 6 heteroatoms. The first-order valence-corrected chi connectivity index (χ1v) is 10.2. The van der Waals surface area contributed by atoms with Gasteiger partial charge in [0.2, 0.25) is 11.8 Å². The van der Waals surface area contributed by atoms with Crippen LogP contribution in [0.25, 0.3) is 0 Å². The van der Waals surface area contributed by atoms with Gasteiger partial charge in [0, 0.05) is 25.4 Å². The van der Waals surface area contributed by atoms with E-state index in [9.17, 15) is 9.59 Å². The Bertz CT molecular complexity index is 717. The Hall–Kier alpha value is -2.27. The summed E-state index contributed by atoms with van der Waals surface area (Å²) < 4.78 is 5.43. The molecule has 0 N–H and O–H groups in total. The average Bonchev–Trinajstić information content (AvgIpc) is 3.18. The van der Waals surface area contributed by atoms with Crippen LogP contribution < -0.4 is 0 Å². The second-order valence-corrected chi connectivity index (χ2v) is 7.62. The summed E-state index contributed by atoms with van der Waals surface area (Å²) in [7, 11) is 0. The van der Waals surface area contributed by atoms with Crippen LogP contribution in [0.15, 0.2) is 53.1 Å². The number of amides is 2. The standard InChI is InChI=1S/C22H29ClN2O3/c1-18(2)15-25(21(26)10-12-23)17-22(27)24(16-20-9-6-14-28-20)13-11-19-7-4-3-5-8-19/h3-9,14,18H,10-13,15-17H2,1-2H3. The van der Waals surface area contributed by atoms with Gasteiger partial charge in [0.15, 0.2) is 0 Å². The molecular formula is C22H29ClN2O3. The molecular weight excluding hydrogens is 376 g/mol. The molecule has 0 aliphatic carbocycles. The number of hydrogen-bond donors (Lipinski definition) is 0. The molecule has 2 aromatic rings. The highest BCUT2D eigenvalue weighted by atomic mass is 35.5. The van der Waals surface area contributed by atoms with Crippen molar-refractivity contribution in [3.63, 3.8) is 0 Å². The molecule has 0 aliphatic heterocycles. The van der Waals surface area contributed by atoms with Crippen LogP contribution in [0.3, 0.4) is 0 Å². The van der Waals surface area contributed by atoms with Crippen LogP contribution in [0.5, 0.6) is 0 Å². The summed E-state index contributed by atoms with van der Waals surface area (Å²) in [5, 5.41) is 0. The summed E-state index contributed by atoms with van der Waals surface area (Å²) in [6.45, 7) is 5.60.